The van der Waals surface area contributed by atoms with E-state index in [1.165, 1.54) is 5.69 Å². The van der Waals surface area contributed by atoms with E-state index in [1.54, 1.807) is 0 Å². The van der Waals surface area contributed by atoms with E-state index < -0.39 is 0 Å². The van der Waals surface area contributed by atoms with Crippen molar-refractivity contribution in [3.05, 3.63) is 18.0 Å². The number of nitrogens with two attached hydrogens (primary N) is 1. The summed E-state index contributed by atoms with van der Waals surface area (Å²) in [6, 6.07) is 2.86. The lowest BCUT2D eigenvalue weighted by Gasteiger charge is -2.17. The maximum atomic E-state index is 6.03. The van der Waals surface area contributed by atoms with Gasteiger partial charge in [0.2, 0.25) is 0 Å². The van der Waals surface area contributed by atoms with E-state index in [0.717, 1.165) is 19.6 Å². The normalized spacial score (nSPS) is 25.2. The molecule has 2 atom stereocenters. The van der Waals surface area contributed by atoms with E-state index in [1.807, 2.05) is 6.20 Å². The molecule has 0 radical (unpaired) electrons. The summed E-state index contributed by atoms with van der Waals surface area (Å²) in [4.78, 5) is 2.42. The van der Waals surface area contributed by atoms with E-state index in [2.05, 4.69) is 41.5 Å². The molecule has 1 aromatic rings. The second-order valence-corrected chi connectivity index (χ2v) is 5.20. The molecule has 1 aromatic heterocycles. The second kappa shape index (κ2) is 5.85. The van der Waals surface area contributed by atoms with Crippen molar-refractivity contribution in [1.29, 1.82) is 0 Å². The number of hydrogen-bond donors (Lipinski definition) is 1. The first-order chi connectivity index (χ1) is 7.58. The zero-order valence-corrected chi connectivity index (χ0v) is 11.7. The van der Waals surface area contributed by atoms with Gasteiger partial charge in [0.1, 0.15) is 0 Å². The molecule has 0 aromatic carbocycles. The molecule has 2 heterocycles. The Balaban J connectivity index is 0.00000144. The lowest BCUT2D eigenvalue weighted by atomic mass is 10.1. The summed E-state index contributed by atoms with van der Waals surface area (Å²) >= 11 is 0. The molecule has 1 fully saturated rings. The van der Waals surface area contributed by atoms with E-state index in [0.29, 0.717) is 18.0 Å². The van der Waals surface area contributed by atoms with Crippen LogP contribution in [0, 0.1) is 5.92 Å². The molecule has 1 aliphatic rings. The van der Waals surface area contributed by atoms with Crippen LogP contribution in [0.15, 0.2) is 12.3 Å². The van der Waals surface area contributed by atoms with Crippen LogP contribution in [0.25, 0.3) is 0 Å². The van der Waals surface area contributed by atoms with Gasteiger partial charge in [0.05, 0.1) is 5.69 Å². The van der Waals surface area contributed by atoms with Crippen LogP contribution in [-0.4, -0.2) is 33.8 Å². The highest BCUT2D eigenvalue weighted by atomic mass is 35.5. The molecule has 98 valence electrons. The number of hydrogen-bond acceptors (Lipinski definition) is 3. The highest BCUT2D eigenvalue weighted by molar-refractivity contribution is 5.85. The Morgan fingerprint density at radius 2 is 2.18 bits per heavy atom. The second-order valence-electron chi connectivity index (χ2n) is 5.20. The predicted octanol–water partition coefficient (Wildman–Crippen LogP) is 1.66. The number of aromatic nitrogens is 2. The van der Waals surface area contributed by atoms with Gasteiger partial charge in [-0.2, -0.15) is 5.10 Å². The highest BCUT2D eigenvalue weighted by Crippen LogP contribution is 2.18. The molecule has 0 amide bonds. The summed E-state index contributed by atoms with van der Waals surface area (Å²) in [7, 11) is 0. The average Bonchev–Trinajstić information content (AvgIpc) is 2.75. The van der Waals surface area contributed by atoms with E-state index in [9.17, 15) is 0 Å². The highest BCUT2D eigenvalue weighted by Gasteiger charge is 2.27. The molecule has 1 saturated heterocycles. The van der Waals surface area contributed by atoms with Crippen LogP contribution in [0.5, 0.6) is 0 Å². The molecule has 5 heteroatoms. The Labute approximate surface area is 110 Å². The van der Waals surface area contributed by atoms with Gasteiger partial charge in [-0.15, -0.1) is 12.4 Å². The van der Waals surface area contributed by atoms with Crippen LogP contribution in [-0.2, 0) is 6.54 Å². The minimum atomic E-state index is 0. The fourth-order valence-corrected chi connectivity index (χ4v) is 2.39. The molecule has 0 bridgehead atoms. The third-order valence-corrected chi connectivity index (χ3v) is 3.37. The van der Waals surface area contributed by atoms with Crippen molar-refractivity contribution in [2.24, 2.45) is 11.7 Å². The summed E-state index contributed by atoms with van der Waals surface area (Å²) in [5.74, 6) is 0.607. The fraction of sp³-hybridized carbons (Fsp3) is 0.750. The quantitative estimate of drug-likeness (QED) is 0.897. The van der Waals surface area contributed by atoms with E-state index in [-0.39, 0.29) is 12.4 Å². The average molecular weight is 259 g/mol. The molecule has 2 rings (SSSR count). The monoisotopic (exact) mass is 258 g/mol. The van der Waals surface area contributed by atoms with Crippen molar-refractivity contribution in [2.75, 3.05) is 13.1 Å². The first kappa shape index (κ1) is 14.5. The molecule has 0 saturated carbocycles. The maximum absolute atomic E-state index is 6.03. The molecule has 2 unspecified atom stereocenters. The molecule has 2 N–H and O–H groups in total. The molecular weight excluding hydrogens is 236 g/mol. The van der Waals surface area contributed by atoms with Crippen molar-refractivity contribution >= 4 is 12.4 Å². The van der Waals surface area contributed by atoms with Crippen LogP contribution >= 0.6 is 12.4 Å². The Hall–Kier alpha value is -0.580. The Kier molecular flexibility index (Phi) is 4.98. The zero-order valence-electron chi connectivity index (χ0n) is 10.8. The number of likely N-dealkylation sites (tertiary alicyclic amines) is 1. The summed E-state index contributed by atoms with van der Waals surface area (Å²) in [6.07, 6.45) is 1.88. The van der Waals surface area contributed by atoms with Gasteiger partial charge >= 0.3 is 0 Å². The summed E-state index contributed by atoms with van der Waals surface area (Å²) in [5, 5.41) is 4.35. The van der Waals surface area contributed by atoms with Gasteiger partial charge in [-0.05, 0) is 25.8 Å². The Morgan fingerprint density at radius 3 is 2.71 bits per heavy atom. The zero-order chi connectivity index (χ0) is 11.7. The summed E-state index contributed by atoms with van der Waals surface area (Å²) < 4.78 is 2.09. The molecule has 17 heavy (non-hydrogen) atoms. The van der Waals surface area contributed by atoms with Crippen LogP contribution < -0.4 is 5.73 Å². The summed E-state index contributed by atoms with van der Waals surface area (Å²) in [6.45, 7) is 9.62. The van der Waals surface area contributed by atoms with Gasteiger partial charge in [-0.1, -0.05) is 6.92 Å². The van der Waals surface area contributed by atoms with Gasteiger partial charge in [0, 0.05) is 37.9 Å². The topological polar surface area (TPSA) is 47.1 Å². The van der Waals surface area contributed by atoms with E-state index >= 15 is 0 Å². The standard InChI is InChI=1S/C12H22N4.ClH/c1-9(2)16-11(4-5-14-16)7-15-6-10(3)12(13)8-15;/h4-5,9-10,12H,6-8,13H2,1-3H3;1H. The van der Waals surface area contributed by atoms with Crippen LogP contribution in [0.1, 0.15) is 32.5 Å². The largest absolute Gasteiger partial charge is 0.326 e. The maximum Gasteiger partial charge on any atom is 0.0527 e. The van der Waals surface area contributed by atoms with Gasteiger partial charge in [0.15, 0.2) is 0 Å². The minimum Gasteiger partial charge on any atom is -0.326 e. The lowest BCUT2D eigenvalue weighted by molar-refractivity contribution is 0.303. The molecular formula is C12H23ClN4. The van der Waals surface area contributed by atoms with Crippen molar-refractivity contribution in [3.63, 3.8) is 0 Å². The van der Waals surface area contributed by atoms with E-state index in [4.69, 9.17) is 5.73 Å². The van der Waals surface area contributed by atoms with Gasteiger partial charge in [-0.25, -0.2) is 0 Å². The minimum absolute atomic E-state index is 0. The fourth-order valence-electron chi connectivity index (χ4n) is 2.39. The van der Waals surface area contributed by atoms with Crippen molar-refractivity contribution in [3.8, 4) is 0 Å². The molecule has 4 nitrogen and oxygen atoms in total. The SMILES string of the molecule is CC1CN(Cc2ccnn2C(C)C)CC1N.Cl. The predicted molar refractivity (Wildman–Crippen MR) is 72.3 cm³/mol. The third kappa shape index (κ3) is 3.21. The van der Waals surface area contributed by atoms with Crippen molar-refractivity contribution in [1.82, 2.24) is 14.7 Å². The smallest absolute Gasteiger partial charge is 0.0527 e. The molecule has 0 aliphatic carbocycles. The van der Waals surface area contributed by atoms with Crippen LogP contribution in [0.4, 0.5) is 0 Å². The number of nitrogens with zero attached hydrogens (tertiary/aromatic N) is 3. The lowest BCUT2D eigenvalue weighted by Crippen LogP contribution is -2.28. The molecule has 1 aliphatic heterocycles. The van der Waals surface area contributed by atoms with Gasteiger partial charge in [-0.3, -0.25) is 9.58 Å². The van der Waals surface area contributed by atoms with Crippen molar-refractivity contribution < 1.29 is 0 Å². The first-order valence-corrected chi connectivity index (χ1v) is 6.08. The third-order valence-electron chi connectivity index (χ3n) is 3.37. The van der Waals surface area contributed by atoms with Gasteiger partial charge < -0.3 is 5.73 Å². The number of rotatable bonds is 3. The summed E-state index contributed by atoms with van der Waals surface area (Å²) in [5.41, 5.74) is 7.32. The van der Waals surface area contributed by atoms with Gasteiger partial charge in [0.25, 0.3) is 0 Å². The first-order valence-electron chi connectivity index (χ1n) is 6.08. The Bertz CT molecular complexity index is 340. The molecule has 0 spiro atoms. The van der Waals surface area contributed by atoms with Crippen molar-refractivity contribution in [2.45, 2.75) is 39.4 Å². The van der Waals surface area contributed by atoms with Crippen LogP contribution in [0.2, 0.25) is 0 Å². The Morgan fingerprint density at radius 1 is 1.47 bits per heavy atom. The van der Waals surface area contributed by atoms with Crippen LogP contribution in [0.3, 0.4) is 0 Å². The number of halogens is 1.